The molecule has 0 unspecified atom stereocenters. The molecule has 4 N–H and O–H groups in total. The number of hydrogen-bond donors (Lipinski definition) is 2. The Bertz CT molecular complexity index is 1370. The number of nitriles is 1. The van der Waals surface area contributed by atoms with Gasteiger partial charge >= 0.3 is 0 Å². The number of hydrogen-bond acceptors (Lipinski definition) is 8. The molecule has 1 atom stereocenters. The van der Waals surface area contributed by atoms with Gasteiger partial charge in [-0.2, -0.15) is 5.26 Å². The standard InChI is InChI=1S/C22H19N5O5S/c23-12-17-20(13-4-6-15(7-5-13)27(29)30)21-18(2-1-3-19(21)28)26(22(17)24)14-8-10-16(11-9-14)33(25,31)32/h4-11,20H,1-3,24H2,(H2,25,31,32)/t20-/m1/s1. The Morgan fingerprint density at radius 1 is 1.09 bits per heavy atom. The van der Waals surface area contributed by atoms with E-state index in [1.54, 1.807) is 4.90 Å². The number of allylic oxidation sites excluding steroid dienone is 3. The van der Waals surface area contributed by atoms with Crippen LogP contribution in [0.5, 0.6) is 0 Å². The molecule has 0 saturated heterocycles. The first-order valence-electron chi connectivity index (χ1n) is 9.97. The summed E-state index contributed by atoms with van der Waals surface area (Å²) in [7, 11) is -3.89. The third-order valence-electron chi connectivity index (χ3n) is 5.77. The second kappa shape index (κ2) is 8.16. The zero-order valence-corrected chi connectivity index (χ0v) is 18.1. The molecule has 0 amide bonds. The minimum absolute atomic E-state index is 0.0796. The first-order valence-corrected chi connectivity index (χ1v) is 11.5. The molecule has 0 saturated carbocycles. The number of primary sulfonamides is 1. The number of nitrogens with zero attached hydrogens (tertiary/aromatic N) is 3. The van der Waals surface area contributed by atoms with Crippen LogP contribution < -0.4 is 15.8 Å². The summed E-state index contributed by atoms with van der Waals surface area (Å²) >= 11 is 0. The molecule has 0 spiro atoms. The summed E-state index contributed by atoms with van der Waals surface area (Å²) in [5.74, 6) is -0.776. The van der Waals surface area contributed by atoms with Crippen molar-refractivity contribution in [3.05, 3.63) is 86.9 Å². The van der Waals surface area contributed by atoms with Crippen LogP contribution in [0.1, 0.15) is 30.7 Å². The van der Waals surface area contributed by atoms with Crippen molar-refractivity contribution in [1.82, 2.24) is 0 Å². The first-order chi connectivity index (χ1) is 15.6. The van der Waals surface area contributed by atoms with Crippen molar-refractivity contribution in [2.75, 3.05) is 4.90 Å². The van der Waals surface area contributed by atoms with Crippen LogP contribution in [0.15, 0.2) is 76.1 Å². The van der Waals surface area contributed by atoms with Gasteiger partial charge in [-0.1, -0.05) is 12.1 Å². The van der Waals surface area contributed by atoms with E-state index in [4.69, 9.17) is 10.9 Å². The van der Waals surface area contributed by atoms with Crippen LogP contribution in [0.25, 0.3) is 0 Å². The minimum Gasteiger partial charge on any atom is -0.384 e. The Hall–Kier alpha value is -4.01. The lowest BCUT2D eigenvalue weighted by Crippen LogP contribution is -2.38. The SMILES string of the molecule is N#CC1=C(N)N(c2ccc(S(N)(=O)=O)cc2)C2=C(C(=O)CCC2)[C@@H]1c1ccc([N+](=O)[O-])cc1. The molecule has 0 bridgehead atoms. The second-order valence-corrected chi connectivity index (χ2v) is 9.27. The van der Waals surface area contributed by atoms with Gasteiger partial charge in [-0.15, -0.1) is 0 Å². The van der Waals surface area contributed by atoms with Crippen molar-refractivity contribution < 1.29 is 18.1 Å². The smallest absolute Gasteiger partial charge is 0.269 e. The second-order valence-electron chi connectivity index (χ2n) is 7.70. The van der Waals surface area contributed by atoms with E-state index in [2.05, 4.69) is 6.07 Å². The van der Waals surface area contributed by atoms with Crippen LogP contribution in [0, 0.1) is 21.4 Å². The van der Waals surface area contributed by atoms with Gasteiger partial charge in [-0.05, 0) is 42.7 Å². The number of nitrogens with two attached hydrogens (primary N) is 2. The maximum absolute atomic E-state index is 13.1. The maximum atomic E-state index is 13.1. The third-order valence-corrected chi connectivity index (χ3v) is 6.70. The van der Waals surface area contributed by atoms with Gasteiger partial charge in [0.15, 0.2) is 5.78 Å². The summed E-state index contributed by atoms with van der Waals surface area (Å²) in [6.07, 6.45) is 1.41. The lowest BCUT2D eigenvalue weighted by Gasteiger charge is -2.39. The number of carbonyl (C=O) groups excluding carboxylic acids is 1. The van der Waals surface area contributed by atoms with E-state index < -0.39 is 20.9 Å². The molecule has 2 aliphatic rings. The van der Waals surface area contributed by atoms with E-state index in [-0.39, 0.29) is 27.8 Å². The molecule has 168 valence electrons. The molecule has 0 fully saturated rings. The van der Waals surface area contributed by atoms with Crippen LogP contribution in [0.4, 0.5) is 11.4 Å². The molecule has 1 heterocycles. The zero-order valence-electron chi connectivity index (χ0n) is 17.3. The lowest BCUT2D eigenvalue weighted by atomic mass is 9.75. The summed E-state index contributed by atoms with van der Waals surface area (Å²) in [4.78, 5) is 25.1. The Morgan fingerprint density at radius 2 is 1.73 bits per heavy atom. The van der Waals surface area contributed by atoms with Crippen molar-refractivity contribution in [3.63, 3.8) is 0 Å². The third kappa shape index (κ3) is 3.86. The topological polar surface area (TPSA) is 173 Å². The number of rotatable bonds is 4. The number of anilines is 1. The Morgan fingerprint density at radius 3 is 2.27 bits per heavy atom. The van der Waals surface area contributed by atoms with Crippen LogP contribution in [0.3, 0.4) is 0 Å². The van der Waals surface area contributed by atoms with E-state index in [1.807, 2.05) is 0 Å². The molecule has 1 aliphatic carbocycles. The Labute approximate surface area is 189 Å². The van der Waals surface area contributed by atoms with Crippen LogP contribution in [0.2, 0.25) is 0 Å². The predicted octanol–water partition coefficient (Wildman–Crippen LogP) is 2.55. The van der Waals surface area contributed by atoms with Gasteiger partial charge in [0, 0.05) is 35.5 Å². The van der Waals surface area contributed by atoms with Gasteiger partial charge in [-0.25, -0.2) is 13.6 Å². The minimum atomic E-state index is -3.89. The normalized spacial score (nSPS) is 18.7. The highest BCUT2D eigenvalue weighted by Gasteiger charge is 2.40. The molecule has 2 aromatic rings. The molecular weight excluding hydrogens is 446 g/mol. The van der Waals surface area contributed by atoms with Gasteiger partial charge in [-0.3, -0.25) is 19.8 Å². The van der Waals surface area contributed by atoms with Crippen molar-refractivity contribution >= 4 is 27.2 Å². The number of benzene rings is 2. The fraction of sp³-hybridized carbons (Fsp3) is 0.182. The molecule has 0 aromatic heterocycles. The average Bonchev–Trinajstić information content (AvgIpc) is 2.78. The van der Waals surface area contributed by atoms with Gasteiger partial charge in [0.25, 0.3) is 5.69 Å². The summed E-state index contributed by atoms with van der Waals surface area (Å²) < 4.78 is 23.2. The van der Waals surface area contributed by atoms with Crippen molar-refractivity contribution in [1.29, 1.82) is 5.26 Å². The molecule has 1 aliphatic heterocycles. The van der Waals surface area contributed by atoms with E-state index in [9.17, 15) is 28.6 Å². The number of non-ortho nitro benzene ring substituents is 1. The number of sulfonamides is 1. The highest BCUT2D eigenvalue weighted by molar-refractivity contribution is 7.89. The number of nitro groups is 1. The summed E-state index contributed by atoms with van der Waals surface area (Å²) in [6.45, 7) is 0. The molecular formula is C22H19N5O5S. The lowest BCUT2D eigenvalue weighted by molar-refractivity contribution is -0.384. The highest BCUT2D eigenvalue weighted by Crippen LogP contribution is 2.46. The zero-order chi connectivity index (χ0) is 23.9. The molecule has 0 radical (unpaired) electrons. The van der Waals surface area contributed by atoms with E-state index >= 15 is 0 Å². The van der Waals surface area contributed by atoms with Crippen molar-refractivity contribution in [3.8, 4) is 6.07 Å². The molecule has 2 aromatic carbocycles. The van der Waals surface area contributed by atoms with E-state index in [1.165, 1.54) is 48.5 Å². The largest absolute Gasteiger partial charge is 0.384 e. The Kier molecular flexibility index (Phi) is 5.49. The van der Waals surface area contributed by atoms with Gasteiger partial charge in [0.2, 0.25) is 10.0 Å². The van der Waals surface area contributed by atoms with E-state index in [0.29, 0.717) is 41.8 Å². The molecule has 33 heavy (non-hydrogen) atoms. The number of nitro benzene ring substituents is 1. The van der Waals surface area contributed by atoms with Crippen LogP contribution in [-0.2, 0) is 14.8 Å². The summed E-state index contributed by atoms with van der Waals surface area (Å²) in [5.41, 5.74) is 8.53. The number of carbonyl (C=O) groups is 1. The summed E-state index contributed by atoms with van der Waals surface area (Å²) in [5, 5.41) is 26.2. The quantitative estimate of drug-likeness (QED) is 0.512. The fourth-order valence-corrected chi connectivity index (χ4v) is 4.80. The fourth-order valence-electron chi connectivity index (χ4n) is 4.29. The van der Waals surface area contributed by atoms with Crippen LogP contribution in [-0.4, -0.2) is 19.1 Å². The molecule has 10 nitrogen and oxygen atoms in total. The van der Waals surface area contributed by atoms with Gasteiger partial charge in [0.05, 0.1) is 27.4 Å². The number of ketones is 1. The maximum Gasteiger partial charge on any atom is 0.269 e. The predicted molar refractivity (Wildman–Crippen MR) is 119 cm³/mol. The molecule has 11 heteroatoms. The van der Waals surface area contributed by atoms with Gasteiger partial charge in [0.1, 0.15) is 5.82 Å². The Balaban J connectivity index is 1.89. The highest BCUT2D eigenvalue weighted by atomic mass is 32.2. The molecule has 4 rings (SSSR count). The number of Topliss-reactive ketones (excluding diaryl/α,β-unsaturated/α-hetero) is 1. The first kappa shape index (κ1) is 22.2. The van der Waals surface area contributed by atoms with Crippen LogP contribution >= 0.6 is 0 Å². The van der Waals surface area contributed by atoms with Gasteiger partial charge < -0.3 is 5.73 Å². The van der Waals surface area contributed by atoms with Crippen molar-refractivity contribution in [2.24, 2.45) is 10.9 Å². The van der Waals surface area contributed by atoms with E-state index in [0.717, 1.165) is 0 Å². The van der Waals surface area contributed by atoms with Crippen molar-refractivity contribution in [2.45, 2.75) is 30.1 Å². The summed E-state index contributed by atoms with van der Waals surface area (Å²) in [6, 6.07) is 13.5. The average molecular weight is 465 g/mol. The monoisotopic (exact) mass is 465 g/mol.